The minimum atomic E-state index is 0.724. The van der Waals surface area contributed by atoms with E-state index in [4.69, 9.17) is 9.47 Å². The maximum absolute atomic E-state index is 5.41. The van der Waals surface area contributed by atoms with Crippen LogP contribution in [0, 0.1) is 0 Å². The molecular formula is C19H20N4O2. The summed E-state index contributed by atoms with van der Waals surface area (Å²) in [4.78, 5) is 6.52. The van der Waals surface area contributed by atoms with Gasteiger partial charge >= 0.3 is 0 Å². The first-order valence-corrected chi connectivity index (χ1v) is 8.32. The molecule has 4 rings (SSSR count). The molecule has 3 aromatic rings. The molecule has 0 aliphatic carbocycles. The van der Waals surface area contributed by atoms with Crippen LogP contribution in [0.15, 0.2) is 55.0 Å². The molecule has 0 unspecified atom stereocenters. The van der Waals surface area contributed by atoms with Gasteiger partial charge in [-0.2, -0.15) is 5.10 Å². The number of ether oxygens (including phenoxy) is 2. The minimum Gasteiger partial charge on any atom is -0.495 e. The predicted octanol–water partition coefficient (Wildman–Crippen LogP) is 2.78. The quantitative estimate of drug-likeness (QED) is 0.733. The highest BCUT2D eigenvalue weighted by Crippen LogP contribution is 2.23. The van der Waals surface area contributed by atoms with E-state index in [0.29, 0.717) is 0 Å². The zero-order chi connectivity index (χ0) is 17.1. The third-order valence-electron chi connectivity index (χ3n) is 4.32. The molecule has 0 bridgehead atoms. The van der Waals surface area contributed by atoms with Gasteiger partial charge in [-0.15, -0.1) is 0 Å². The zero-order valence-corrected chi connectivity index (χ0v) is 14.1. The second-order valence-electron chi connectivity index (χ2n) is 5.87. The third-order valence-corrected chi connectivity index (χ3v) is 4.32. The molecule has 1 aliphatic rings. The van der Waals surface area contributed by atoms with Crippen LogP contribution >= 0.6 is 0 Å². The van der Waals surface area contributed by atoms with Crippen molar-refractivity contribution in [3.8, 4) is 22.7 Å². The maximum Gasteiger partial charge on any atom is 0.137 e. The molecule has 3 heterocycles. The molecule has 25 heavy (non-hydrogen) atoms. The minimum absolute atomic E-state index is 0.724. The van der Waals surface area contributed by atoms with E-state index >= 15 is 0 Å². The van der Waals surface area contributed by atoms with Crippen LogP contribution in [-0.4, -0.2) is 48.2 Å². The predicted molar refractivity (Wildman–Crippen MR) is 96.4 cm³/mol. The van der Waals surface area contributed by atoms with Gasteiger partial charge in [-0.25, -0.2) is 4.68 Å². The molecule has 0 amide bonds. The van der Waals surface area contributed by atoms with Crippen molar-refractivity contribution in [1.29, 1.82) is 0 Å². The summed E-state index contributed by atoms with van der Waals surface area (Å²) in [6.45, 7) is 3.46. The molecule has 1 aliphatic heterocycles. The highest BCUT2D eigenvalue weighted by atomic mass is 16.5. The first kappa shape index (κ1) is 15.7. The van der Waals surface area contributed by atoms with E-state index in [1.165, 1.54) is 5.69 Å². The van der Waals surface area contributed by atoms with Crippen molar-refractivity contribution in [2.24, 2.45) is 0 Å². The number of nitrogens with zero attached hydrogens (tertiary/aromatic N) is 4. The third kappa shape index (κ3) is 3.34. The molecule has 6 nitrogen and oxygen atoms in total. The molecule has 0 spiro atoms. The number of rotatable bonds is 4. The van der Waals surface area contributed by atoms with Crippen LogP contribution in [0.25, 0.3) is 16.9 Å². The largest absolute Gasteiger partial charge is 0.495 e. The molecular weight excluding hydrogens is 316 g/mol. The Balaban J connectivity index is 1.55. The number of morpholine rings is 1. The summed E-state index contributed by atoms with van der Waals surface area (Å²) in [5, 5.41) is 4.66. The highest BCUT2D eigenvalue weighted by Gasteiger charge is 2.11. The van der Waals surface area contributed by atoms with Crippen LogP contribution in [0.3, 0.4) is 0 Å². The van der Waals surface area contributed by atoms with Crippen LogP contribution in [-0.2, 0) is 4.74 Å². The molecule has 1 saturated heterocycles. The highest BCUT2D eigenvalue weighted by molar-refractivity contribution is 5.60. The van der Waals surface area contributed by atoms with E-state index in [1.807, 2.05) is 23.0 Å². The Morgan fingerprint density at radius 1 is 1.00 bits per heavy atom. The summed E-state index contributed by atoms with van der Waals surface area (Å²) >= 11 is 0. The maximum atomic E-state index is 5.41. The number of aromatic nitrogens is 3. The average Bonchev–Trinajstić information content (AvgIpc) is 3.19. The summed E-state index contributed by atoms with van der Waals surface area (Å²) in [6.07, 6.45) is 5.43. The fraction of sp³-hybridized carbons (Fsp3) is 0.263. The number of hydrogen-bond donors (Lipinski definition) is 0. The first-order valence-electron chi connectivity index (χ1n) is 8.32. The van der Waals surface area contributed by atoms with Crippen LogP contribution in [0.4, 0.5) is 5.69 Å². The average molecular weight is 336 g/mol. The Morgan fingerprint density at radius 3 is 2.52 bits per heavy atom. The fourth-order valence-electron chi connectivity index (χ4n) is 2.93. The molecule has 0 N–H and O–H groups in total. The van der Waals surface area contributed by atoms with Gasteiger partial charge in [-0.05, 0) is 36.4 Å². The Morgan fingerprint density at radius 2 is 1.76 bits per heavy atom. The number of anilines is 1. The number of pyridine rings is 1. The van der Waals surface area contributed by atoms with Crippen molar-refractivity contribution in [2.75, 3.05) is 38.3 Å². The topological polar surface area (TPSA) is 52.4 Å². The summed E-state index contributed by atoms with van der Waals surface area (Å²) < 4.78 is 12.5. The summed E-state index contributed by atoms with van der Waals surface area (Å²) in [5.41, 5.74) is 4.04. The molecule has 1 aromatic carbocycles. The van der Waals surface area contributed by atoms with Crippen molar-refractivity contribution < 1.29 is 9.47 Å². The van der Waals surface area contributed by atoms with Crippen LogP contribution < -0.4 is 9.64 Å². The Labute approximate surface area is 146 Å². The van der Waals surface area contributed by atoms with Gasteiger partial charge in [0.25, 0.3) is 0 Å². The second kappa shape index (κ2) is 6.94. The van der Waals surface area contributed by atoms with Gasteiger partial charge in [0, 0.05) is 36.7 Å². The molecule has 0 saturated carbocycles. The molecule has 0 atom stereocenters. The second-order valence-corrected chi connectivity index (χ2v) is 5.87. The molecule has 128 valence electrons. The Hall–Kier alpha value is -2.86. The molecule has 1 fully saturated rings. The van der Waals surface area contributed by atoms with Crippen molar-refractivity contribution in [2.45, 2.75) is 0 Å². The van der Waals surface area contributed by atoms with E-state index < -0.39 is 0 Å². The number of methoxy groups -OCH3 is 1. The summed E-state index contributed by atoms with van der Waals surface area (Å²) in [7, 11) is 1.63. The van der Waals surface area contributed by atoms with Gasteiger partial charge in [0.1, 0.15) is 5.75 Å². The number of hydrogen-bond acceptors (Lipinski definition) is 5. The Kier molecular flexibility index (Phi) is 4.35. The Bertz CT molecular complexity index is 839. The van der Waals surface area contributed by atoms with Gasteiger partial charge in [-0.3, -0.25) is 4.98 Å². The molecule has 6 heteroatoms. The van der Waals surface area contributed by atoms with Gasteiger partial charge in [0.05, 0.1) is 37.9 Å². The van der Waals surface area contributed by atoms with Crippen molar-refractivity contribution in [3.05, 3.63) is 55.0 Å². The SMILES string of the molecule is COc1cncc(-c2ccn(-c3ccc(N4CCOCC4)cc3)n2)c1. The van der Waals surface area contributed by atoms with Gasteiger partial charge in [0.2, 0.25) is 0 Å². The van der Waals surface area contributed by atoms with Crippen molar-refractivity contribution in [3.63, 3.8) is 0 Å². The molecule has 0 radical (unpaired) electrons. The van der Waals surface area contributed by atoms with Crippen LogP contribution in [0.5, 0.6) is 5.75 Å². The smallest absolute Gasteiger partial charge is 0.137 e. The lowest BCUT2D eigenvalue weighted by molar-refractivity contribution is 0.122. The normalized spacial score (nSPS) is 14.5. The monoisotopic (exact) mass is 336 g/mol. The first-order chi connectivity index (χ1) is 12.3. The molecule has 2 aromatic heterocycles. The van der Waals surface area contributed by atoms with E-state index in [0.717, 1.165) is 49.0 Å². The van der Waals surface area contributed by atoms with Gasteiger partial charge in [0.15, 0.2) is 0 Å². The standard InChI is InChI=1S/C19H20N4O2/c1-24-18-12-15(13-20-14-18)19-6-7-23(21-19)17-4-2-16(3-5-17)22-8-10-25-11-9-22/h2-7,12-14H,8-11H2,1H3. The fourth-order valence-corrected chi connectivity index (χ4v) is 2.93. The van der Waals surface area contributed by atoms with E-state index in [9.17, 15) is 0 Å². The van der Waals surface area contributed by atoms with Gasteiger partial charge < -0.3 is 14.4 Å². The lowest BCUT2D eigenvalue weighted by Gasteiger charge is -2.28. The lowest BCUT2D eigenvalue weighted by Crippen LogP contribution is -2.36. The van der Waals surface area contributed by atoms with E-state index in [-0.39, 0.29) is 0 Å². The summed E-state index contributed by atoms with van der Waals surface area (Å²) in [5.74, 6) is 0.724. The lowest BCUT2D eigenvalue weighted by atomic mass is 10.2. The zero-order valence-electron chi connectivity index (χ0n) is 14.1. The van der Waals surface area contributed by atoms with Gasteiger partial charge in [-0.1, -0.05) is 0 Å². The van der Waals surface area contributed by atoms with Crippen LogP contribution in [0.1, 0.15) is 0 Å². The van der Waals surface area contributed by atoms with Crippen molar-refractivity contribution in [1.82, 2.24) is 14.8 Å². The van der Waals surface area contributed by atoms with Crippen LogP contribution in [0.2, 0.25) is 0 Å². The summed E-state index contributed by atoms with van der Waals surface area (Å²) in [6, 6.07) is 12.4. The van der Waals surface area contributed by atoms with E-state index in [1.54, 1.807) is 19.5 Å². The van der Waals surface area contributed by atoms with E-state index in [2.05, 4.69) is 39.2 Å². The number of benzene rings is 1. The van der Waals surface area contributed by atoms with Crippen molar-refractivity contribution >= 4 is 5.69 Å².